The molecule has 0 radical (unpaired) electrons. The quantitative estimate of drug-likeness (QED) is 0.910. The van der Waals surface area contributed by atoms with Crippen LogP contribution in [-0.4, -0.2) is 37.2 Å². The van der Waals surface area contributed by atoms with Crippen molar-refractivity contribution in [2.75, 3.05) is 25.6 Å². The number of fused-ring (bicyclic) bond motifs is 1. The van der Waals surface area contributed by atoms with Crippen LogP contribution in [0.4, 0.5) is 5.69 Å². The number of methoxy groups -OCH3 is 1. The zero-order valence-electron chi connectivity index (χ0n) is 15.2. The molecule has 5 nitrogen and oxygen atoms in total. The number of hydrogen-bond acceptors (Lipinski definition) is 4. The number of carbonyl (C=O) groups is 1. The maximum Gasteiger partial charge on any atom is 0.257 e. The molecule has 2 aliphatic rings. The molecule has 1 fully saturated rings. The lowest BCUT2D eigenvalue weighted by atomic mass is 10.0. The summed E-state index contributed by atoms with van der Waals surface area (Å²) in [6.07, 6.45) is 1.95. The molecule has 2 atom stereocenters. The summed E-state index contributed by atoms with van der Waals surface area (Å²) in [5.41, 5.74) is 3.69. The number of nitrogens with zero attached hydrogens (tertiary/aromatic N) is 1. The number of ether oxygens (including phenoxy) is 2. The molecule has 2 unspecified atom stereocenters. The fourth-order valence-corrected chi connectivity index (χ4v) is 3.82. The minimum absolute atomic E-state index is 0.0494. The highest BCUT2D eigenvalue weighted by atomic mass is 16.5. The highest BCUT2D eigenvalue weighted by molar-refractivity contribution is 6.01. The van der Waals surface area contributed by atoms with Crippen LogP contribution < -0.4 is 10.1 Å². The number of anilines is 1. The van der Waals surface area contributed by atoms with Crippen molar-refractivity contribution in [3.63, 3.8) is 0 Å². The monoisotopic (exact) mass is 352 g/mol. The Morgan fingerprint density at radius 1 is 1.27 bits per heavy atom. The number of nitrogens with one attached hydrogen (secondary N) is 1. The number of benzene rings is 2. The zero-order chi connectivity index (χ0) is 18.1. The van der Waals surface area contributed by atoms with Gasteiger partial charge in [0.2, 0.25) is 0 Å². The van der Waals surface area contributed by atoms with Gasteiger partial charge in [0.1, 0.15) is 11.9 Å². The van der Waals surface area contributed by atoms with Gasteiger partial charge in [0.15, 0.2) is 0 Å². The third-order valence-corrected chi connectivity index (χ3v) is 5.18. The third-order valence-electron chi connectivity index (χ3n) is 5.18. The van der Waals surface area contributed by atoms with Crippen molar-refractivity contribution in [3.8, 4) is 5.75 Å². The van der Waals surface area contributed by atoms with E-state index in [4.69, 9.17) is 9.47 Å². The molecule has 1 saturated heterocycles. The van der Waals surface area contributed by atoms with E-state index in [1.165, 1.54) is 0 Å². The molecule has 2 heterocycles. The molecule has 0 bridgehead atoms. The Morgan fingerprint density at radius 2 is 2.12 bits per heavy atom. The standard InChI is InChI=1S/C21H24N2O3/c1-14-12-15(9-10-19(14)25-2)20-22-18-8-4-3-7-17(18)21(24)23(20)13-16-6-5-11-26-16/h3-4,7-10,12,16,20,22H,5-6,11,13H2,1-2H3. The smallest absolute Gasteiger partial charge is 0.257 e. The summed E-state index contributed by atoms with van der Waals surface area (Å²) in [6.45, 7) is 3.39. The fourth-order valence-electron chi connectivity index (χ4n) is 3.82. The van der Waals surface area contributed by atoms with Crippen molar-refractivity contribution in [3.05, 3.63) is 59.2 Å². The molecule has 0 aliphatic carbocycles. The molecule has 136 valence electrons. The summed E-state index contributed by atoms with van der Waals surface area (Å²) in [7, 11) is 1.67. The fraction of sp³-hybridized carbons (Fsp3) is 0.381. The summed E-state index contributed by atoms with van der Waals surface area (Å²) < 4.78 is 11.2. The summed E-state index contributed by atoms with van der Waals surface area (Å²) in [6, 6.07) is 13.8. The van der Waals surface area contributed by atoms with Crippen LogP contribution in [0.15, 0.2) is 42.5 Å². The molecule has 2 aromatic rings. The van der Waals surface area contributed by atoms with Crippen molar-refractivity contribution in [2.45, 2.75) is 32.0 Å². The summed E-state index contributed by atoms with van der Waals surface area (Å²) in [5, 5.41) is 3.54. The second kappa shape index (κ2) is 7.00. The molecular formula is C21H24N2O3. The molecule has 5 heteroatoms. The van der Waals surface area contributed by atoms with Gasteiger partial charge in [-0.3, -0.25) is 4.79 Å². The van der Waals surface area contributed by atoms with Crippen LogP contribution in [0.2, 0.25) is 0 Å². The Hall–Kier alpha value is -2.53. The van der Waals surface area contributed by atoms with Crippen molar-refractivity contribution < 1.29 is 14.3 Å². The van der Waals surface area contributed by atoms with E-state index in [1.54, 1.807) is 7.11 Å². The predicted molar refractivity (Wildman–Crippen MR) is 101 cm³/mol. The minimum Gasteiger partial charge on any atom is -0.496 e. The van der Waals surface area contributed by atoms with Crippen LogP contribution in [0, 0.1) is 6.92 Å². The van der Waals surface area contributed by atoms with Crippen LogP contribution in [-0.2, 0) is 4.74 Å². The lowest BCUT2D eigenvalue weighted by Crippen LogP contribution is -2.46. The van der Waals surface area contributed by atoms with E-state index in [0.717, 1.165) is 42.0 Å². The Bertz CT molecular complexity index is 815. The highest BCUT2D eigenvalue weighted by Gasteiger charge is 2.35. The predicted octanol–water partition coefficient (Wildman–Crippen LogP) is 3.75. The molecule has 4 rings (SSSR count). The first-order chi connectivity index (χ1) is 12.7. The van der Waals surface area contributed by atoms with Gasteiger partial charge in [0, 0.05) is 18.8 Å². The van der Waals surface area contributed by atoms with Crippen molar-refractivity contribution in [2.24, 2.45) is 0 Å². The van der Waals surface area contributed by atoms with Crippen molar-refractivity contribution in [1.29, 1.82) is 0 Å². The average Bonchev–Trinajstić information content (AvgIpc) is 3.17. The third kappa shape index (κ3) is 3.03. The molecular weight excluding hydrogens is 328 g/mol. The largest absolute Gasteiger partial charge is 0.496 e. The van der Waals surface area contributed by atoms with Crippen LogP contribution in [0.1, 0.15) is 40.5 Å². The second-order valence-electron chi connectivity index (χ2n) is 6.91. The Labute approximate surface area is 153 Å². The molecule has 2 aliphatic heterocycles. The summed E-state index contributed by atoms with van der Waals surface area (Å²) >= 11 is 0. The number of carbonyl (C=O) groups excluding carboxylic acids is 1. The maximum absolute atomic E-state index is 13.2. The van der Waals surface area contributed by atoms with E-state index in [2.05, 4.69) is 11.4 Å². The van der Waals surface area contributed by atoms with Gasteiger partial charge in [-0.1, -0.05) is 18.2 Å². The van der Waals surface area contributed by atoms with Crippen LogP contribution in [0.3, 0.4) is 0 Å². The number of amides is 1. The molecule has 1 N–H and O–H groups in total. The lowest BCUT2D eigenvalue weighted by Gasteiger charge is -2.39. The summed E-state index contributed by atoms with van der Waals surface area (Å²) in [4.78, 5) is 15.1. The SMILES string of the molecule is COc1ccc(C2Nc3ccccc3C(=O)N2CC2CCCO2)cc1C. The van der Waals surface area contributed by atoms with Gasteiger partial charge in [-0.15, -0.1) is 0 Å². The zero-order valence-corrected chi connectivity index (χ0v) is 15.2. The lowest BCUT2D eigenvalue weighted by molar-refractivity contribution is 0.0427. The van der Waals surface area contributed by atoms with Gasteiger partial charge < -0.3 is 19.7 Å². The van der Waals surface area contributed by atoms with Gasteiger partial charge in [0.05, 0.1) is 18.8 Å². The summed E-state index contributed by atoms with van der Waals surface area (Å²) in [5.74, 6) is 0.898. The first-order valence-electron chi connectivity index (χ1n) is 9.10. The molecule has 1 amide bonds. The Kier molecular flexibility index (Phi) is 4.55. The van der Waals surface area contributed by atoms with Gasteiger partial charge >= 0.3 is 0 Å². The Balaban J connectivity index is 1.71. The second-order valence-corrected chi connectivity index (χ2v) is 6.91. The van der Waals surface area contributed by atoms with E-state index in [0.29, 0.717) is 12.1 Å². The van der Waals surface area contributed by atoms with Gasteiger partial charge in [-0.2, -0.15) is 0 Å². The van der Waals surface area contributed by atoms with Crippen molar-refractivity contribution in [1.82, 2.24) is 4.90 Å². The van der Waals surface area contributed by atoms with Crippen LogP contribution in [0.5, 0.6) is 5.75 Å². The Morgan fingerprint density at radius 3 is 2.85 bits per heavy atom. The topological polar surface area (TPSA) is 50.8 Å². The normalized spacial score (nSPS) is 22.1. The average molecular weight is 352 g/mol. The number of rotatable bonds is 4. The minimum atomic E-state index is -0.216. The maximum atomic E-state index is 13.2. The first-order valence-corrected chi connectivity index (χ1v) is 9.10. The molecule has 0 aromatic heterocycles. The molecule has 26 heavy (non-hydrogen) atoms. The first kappa shape index (κ1) is 16.9. The highest BCUT2D eigenvalue weighted by Crippen LogP contribution is 2.35. The number of hydrogen-bond donors (Lipinski definition) is 1. The van der Waals surface area contributed by atoms with E-state index >= 15 is 0 Å². The molecule has 2 aromatic carbocycles. The van der Waals surface area contributed by atoms with Gasteiger partial charge in [-0.25, -0.2) is 0 Å². The van der Waals surface area contributed by atoms with Crippen molar-refractivity contribution >= 4 is 11.6 Å². The van der Waals surface area contributed by atoms with Crippen LogP contribution >= 0.6 is 0 Å². The van der Waals surface area contributed by atoms with E-state index in [1.807, 2.05) is 48.2 Å². The van der Waals surface area contributed by atoms with Gasteiger partial charge in [-0.05, 0) is 55.2 Å². The molecule has 0 saturated carbocycles. The van der Waals surface area contributed by atoms with E-state index in [-0.39, 0.29) is 18.2 Å². The number of para-hydroxylation sites is 1. The van der Waals surface area contributed by atoms with Gasteiger partial charge in [0.25, 0.3) is 5.91 Å². The van der Waals surface area contributed by atoms with E-state index < -0.39 is 0 Å². The molecule has 0 spiro atoms. The number of aryl methyl sites for hydroxylation is 1. The van der Waals surface area contributed by atoms with E-state index in [9.17, 15) is 4.79 Å². The van der Waals surface area contributed by atoms with Crippen LogP contribution in [0.25, 0.3) is 0 Å².